The molecule has 0 N–H and O–H groups in total. The Labute approximate surface area is 155 Å². The second kappa shape index (κ2) is 8.64. The number of rotatable bonds is 6. The highest BCUT2D eigenvalue weighted by Crippen LogP contribution is 2.23. The molecule has 0 spiro atoms. The van der Waals surface area contributed by atoms with Crippen LogP contribution >= 0.6 is 0 Å². The van der Waals surface area contributed by atoms with Crippen molar-refractivity contribution in [3.8, 4) is 11.8 Å². The van der Waals surface area contributed by atoms with Crippen molar-refractivity contribution < 1.29 is 9.53 Å². The Morgan fingerprint density at radius 3 is 2.58 bits per heavy atom. The quantitative estimate of drug-likeness (QED) is 0.800. The van der Waals surface area contributed by atoms with Crippen LogP contribution in [0.15, 0.2) is 48.5 Å². The zero-order chi connectivity index (χ0) is 18.4. The first-order chi connectivity index (χ1) is 12.7. The maximum Gasteiger partial charge on any atom is 0.140 e. The summed E-state index contributed by atoms with van der Waals surface area (Å²) in [6, 6.07) is 18.0. The molecule has 0 saturated carbocycles. The Balaban J connectivity index is 1.55. The number of ether oxygens (including phenoxy) is 1. The van der Waals surface area contributed by atoms with Crippen molar-refractivity contribution in [2.24, 2.45) is 5.92 Å². The summed E-state index contributed by atoms with van der Waals surface area (Å²) in [5.41, 5.74) is 2.64. The molecule has 1 saturated heterocycles. The molecule has 4 heteroatoms. The van der Waals surface area contributed by atoms with E-state index >= 15 is 0 Å². The molecule has 2 aromatic rings. The van der Waals surface area contributed by atoms with Crippen molar-refractivity contribution in [1.82, 2.24) is 4.90 Å². The summed E-state index contributed by atoms with van der Waals surface area (Å²) in [5.74, 6) is 0.980. The third-order valence-electron chi connectivity index (χ3n) is 5.09. The number of carbonyl (C=O) groups excluding carboxylic acids is 1. The number of likely N-dealkylation sites (tertiary alicyclic amines) is 1. The van der Waals surface area contributed by atoms with Gasteiger partial charge in [-0.15, -0.1) is 0 Å². The molecule has 0 radical (unpaired) electrons. The number of carbonyl (C=O) groups is 1. The second-order valence-electron chi connectivity index (χ2n) is 6.81. The van der Waals surface area contributed by atoms with E-state index < -0.39 is 0 Å². The van der Waals surface area contributed by atoms with Gasteiger partial charge in [-0.25, -0.2) is 0 Å². The number of Topliss-reactive ketones (excluding diaryl/α,β-unsaturated/α-hetero) is 1. The van der Waals surface area contributed by atoms with Gasteiger partial charge < -0.3 is 4.74 Å². The number of benzene rings is 2. The van der Waals surface area contributed by atoms with Crippen molar-refractivity contribution in [2.75, 3.05) is 20.2 Å². The Hall–Kier alpha value is -2.64. The topological polar surface area (TPSA) is 53.3 Å². The highest BCUT2D eigenvalue weighted by Gasteiger charge is 2.25. The molecule has 26 heavy (non-hydrogen) atoms. The average Bonchev–Trinajstić information content (AvgIpc) is 2.69. The standard InChI is InChI=1S/C22H24N2O2/c1-26-21-8-7-19(20(13-21)15-23)14-22(25)18-9-11-24(12-10-18)16-17-5-3-2-4-6-17/h2-8,13,18H,9-12,14,16H2,1H3. The summed E-state index contributed by atoms with van der Waals surface area (Å²) in [6.45, 7) is 2.83. The Morgan fingerprint density at radius 1 is 1.19 bits per heavy atom. The van der Waals surface area contributed by atoms with Crippen LogP contribution in [-0.2, 0) is 17.8 Å². The molecule has 0 atom stereocenters. The largest absolute Gasteiger partial charge is 0.497 e. The predicted molar refractivity (Wildman–Crippen MR) is 101 cm³/mol. The van der Waals surface area contributed by atoms with Crippen LogP contribution in [0, 0.1) is 17.2 Å². The van der Waals surface area contributed by atoms with E-state index in [2.05, 4.69) is 35.2 Å². The van der Waals surface area contributed by atoms with E-state index in [-0.39, 0.29) is 11.7 Å². The van der Waals surface area contributed by atoms with Crippen LogP contribution in [0.4, 0.5) is 0 Å². The van der Waals surface area contributed by atoms with Crippen molar-refractivity contribution in [2.45, 2.75) is 25.8 Å². The summed E-state index contributed by atoms with van der Waals surface area (Å²) in [7, 11) is 1.57. The summed E-state index contributed by atoms with van der Waals surface area (Å²) >= 11 is 0. The number of hydrogen-bond acceptors (Lipinski definition) is 4. The van der Waals surface area contributed by atoms with E-state index in [4.69, 9.17) is 4.74 Å². The van der Waals surface area contributed by atoms with Crippen molar-refractivity contribution in [1.29, 1.82) is 5.26 Å². The maximum absolute atomic E-state index is 12.7. The van der Waals surface area contributed by atoms with Crippen LogP contribution in [0.2, 0.25) is 0 Å². The molecule has 1 heterocycles. The Morgan fingerprint density at radius 2 is 1.92 bits per heavy atom. The van der Waals surface area contributed by atoms with Gasteiger partial charge in [-0.1, -0.05) is 36.4 Å². The monoisotopic (exact) mass is 348 g/mol. The minimum Gasteiger partial charge on any atom is -0.497 e. The summed E-state index contributed by atoms with van der Waals surface area (Å²) < 4.78 is 5.15. The van der Waals surface area contributed by atoms with Gasteiger partial charge in [-0.3, -0.25) is 9.69 Å². The van der Waals surface area contributed by atoms with Crippen molar-refractivity contribution >= 4 is 5.78 Å². The van der Waals surface area contributed by atoms with E-state index in [1.165, 1.54) is 5.56 Å². The molecule has 0 amide bonds. The molecule has 1 aliphatic heterocycles. The third-order valence-corrected chi connectivity index (χ3v) is 5.09. The average molecular weight is 348 g/mol. The van der Waals surface area contributed by atoms with Crippen LogP contribution < -0.4 is 4.74 Å². The Kier molecular flexibility index (Phi) is 6.04. The molecular formula is C22H24N2O2. The van der Waals surface area contributed by atoms with E-state index in [1.807, 2.05) is 18.2 Å². The number of hydrogen-bond donors (Lipinski definition) is 0. The van der Waals surface area contributed by atoms with Gasteiger partial charge in [0.05, 0.1) is 18.7 Å². The first kappa shape index (κ1) is 18.2. The molecular weight excluding hydrogens is 324 g/mol. The Bertz CT molecular complexity index is 788. The minimum atomic E-state index is 0.0932. The first-order valence-corrected chi connectivity index (χ1v) is 9.05. The van der Waals surface area contributed by atoms with Gasteiger partial charge in [-0.05, 0) is 49.2 Å². The summed E-state index contributed by atoms with van der Waals surface area (Å²) in [5, 5.41) is 9.31. The van der Waals surface area contributed by atoms with Gasteiger partial charge in [0, 0.05) is 18.9 Å². The van der Waals surface area contributed by atoms with Gasteiger partial charge in [0.1, 0.15) is 11.5 Å². The van der Waals surface area contributed by atoms with Crippen molar-refractivity contribution in [3.63, 3.8) is 0 Å². The van der Waals surface area contributed by atoms with E-state index in [0.717, 1.165) is 38.0 Å². The number of methoxy groups -OCH3 is 1. The van der Waals surface area contributed by atoms with Crippen LogP contribution in [0.5, 0.6) is 5.75 Å². The number of piperidine rings is 1. The van der Waals surface area contributed by atoms with Crippen LogP contribution in [0.3, 0.4) is 0 Å². The molecule has 0 aromatic heterocycles. The van der Waals surface area contributed by atoms with Crippen LogP contribution in [-0.4, -0.2) is 30.9 Å². The summed E-state index contributed by atoms with van der Waals surface area (Å²) in [6.07, 6.45) is 2.11. The van der Waals surface area contributed by atoms with Gasteiger partial charge in [0.25, 0.3) is 0 Å². The SMILES string of the molecule is COc1ccc(CC(=O)C2CCN(Cc3ccccc3)CC2)c(C#N)c1. The van der Waals surface area contributed by atoms with Crippen LogP contribution in [0.1, 0.15) is 29.5 Å². The first-order valence-electron chi connectivity index (χ1n) is 9.05. The number of nitriles is 1. The highest BCUT2D eigenvalue weighted by atomic mass is 16.5. The van der Waals surface area contributed by atoms with E-state index in [0.29, 0.717) is 17.7 Å². The van der Waals surface area contributed by atoms with Crippen LogP contribution in [0.25, 0.3) is 0 Å². The fourth-order valence-electron chi connectivity index (χ4n) is 3.53. The fourth-order valence-corrected chi connectivity index (χ4v) is 3.53. The van der Waals surface area contributed by atoms with Gasteiger partial charge in [0.15, 0.2) is 0 Å². The van der Waals surface area contributed by atoms with E-state index in [1.54, 1.807) is 13.2 Å². The minimum absolute atomic E-state index is 0.0932. The molecule has 1 aliphatic rings. The lowest BCUT2D eigenvalue weighted by Gasteiger charge is -2.31. The lowest BCUT2D eigenvalue weighted by Crippen LogP contribution is -2.36. The highest BCUT2D eigenvalue weighted by molar-refractivity contribution is 5.84. The second-order valence-corrected chi connectivity index (χ2v) is 6.81. The number of ketones is 1. The fraction of sp³-hybridized carbons (Fsp3) is 0.364. The maximum atomic E-state index is 12.7. The molecule has 1 fully saturated rings. The van der Waals surface area contributed by atoms with Gasteiger partial charge >= 0.3 is 0 Å². The molecule has 0 unspecified atom stereocenters. The van der Waals surface area contributed by atoms with E-state index in [9.17, 15) is 10.1 Å². The lowest BCUT2D eigenvalue weighted by molar-refractivity contribution is -0.123. The van der Waals surface area contributed by atoms with Gasteiger partial charge in [-0.2, -0.15) is 5.26 Å². The number of nitrogens with zero attached hydrogens (tertiary/aromatic N) is 2. The molecule has 3 rings (SSSR count). The third kappa shape index (κ3) is 4.50. The smallest absolute Gasteiger partial charge is 0.140 e. The molecule has 4 nitrogen and oxygen atoms in total. The molecule has 2 aromatic carbocycles. The normalized spacial score (nSPS) is 15.4. The summed E-state index contributed by atoms with van der Waals surface area (Å²) in [4.78, 5) is 15.1. The lowest BCUT2D eigenvalue weighted by atomic mass is 9.88. The van der Waals surface area contributed by atoms with Crippen molar-refractivity contribution in [3.05, 3.63) is 65.2 Å². The van der Waals surface area contributed by atoms with Gasteiger partial charge in [0.2, 0.25) is 0 Å². The molecule has 0 aliphatic carbocycles. The predicted octanol–water partition coefficient (Wildman–Crippen LogP) is 3.59. The zero-order valence-electron chi connectivity index (χ0n) is 15.1. The zero-order valence-corrected chi connectivity index (χ0v) is 15.1. The molecule has 0 bridgehead atoms. The molecule has 134 valence electrons.